The molecule has 0 amide bonds. The molecule has 0 aliphatic heterocycles. The van der Waals surface area contributed by atoms with Crippen LogP contribution in [0, 0.1) is 0 Å². The van der Waals surface area contributed by atoms with E-state index in [-0.39, 0.29) is 5.60 Å². The molecule has 3 heteroatoms. The van der Waals surface area contributed by atoms with E-state index in [1.54, 1.807) is 0 Å². The summed E-state index contributed by atoms with van der Waals surface area (Å²) in [6, 6.07) is 8.29. The predicted octanol–water partition coefficient (Wildman–Crippen LogP) is 3.63. The first-order valence-electron chi connectivity index (χ1n) is 6.33. The normalized spacial score (nSPS) is 19.2. The van der Waals surface area contributed by atoms with Crippen LogP contribution in [-0.4, -0.2) is 12.1 Å². The van der Waals surface area contributed by atoms with Crippen molar-refractivity contribution in [1.29, 1.82) is 0 Å². The number of ether oxygens (including phenoxy) is 1. The molecule has 0 spiro atoms. The van der Waals surface area contributed by atoms with E-state index in [2.05, 4.69) is 40.2 Å². The lowest BCUT2D eigenvalue weighted by molar-refractivity contribution is -0.0733. The summed E-state index contributed by atoms with van der Waals surface area (Å²) in [4.78, 5) is 0. The van der Waals surface area contributed by atoms with Crippen molar-refractivity contribution in [3.63, 3.8) is 0 Å². The van der Waals surface area contributed by atoms with Crippen LogP contribution in [0.5, 0.6) is 0 Å². The minimum Gasteiger partial charge on any atom is -0.369 e. The molecule has 17 heavy (non-hydrogen) atoms. The number of halogens is 1. The molecule has 0 atom stereocenters. The molecule has 1 saturated carbocycles. The van der Waals surface area contributed by atoms with Crippen LogP contribution in [0.15, 0.2) is 28.7 Å². The lowest BCUT2D eigenvalue weighted by Crippen LogP contribution is -2.42. The molecule has 2 nitrogen and oxygen atoms in total. The monoisotopic (exact) mass is 297 g/mol. The smallest absolute Gasteiger partial charge is 0.0808 e. The molecular formula is C14H20BrNO. The molecule has 94 valence electrons. The quantitative estimate of drug-likeness (QED) is 0.921. The summed E-state index contributed by atoms with van der Waals surface area (Å²) in [5.74, 6) is 0. The van der Waals surface area contributed by atoms with Crippen LogP contribution >= 0.6 is 15.9 Å². The van der Waals surface area contributed by atoms with Crippen molar-refractivity contribution in [1.82, 2.24) is 0 Å². The number of hydrogen-bond donors (Lipinski definition) is 1. The second-order valence-electron chi connectivity index (χ2n) is 4.86. The Morgan fingerprint density at radius 3 is 2.35 bits per heavy atom. The van der Waals surface area contributed by atoms with Gasteiger partial charge in [-0.25, -0.2) is 0 Å². The molecule has 2 rings (SSSR count). The Labute approximate surface area is 112 Å². The molecule has 0 radical (unpaired) electrons. The fourth-order valence-corrected chi connectivity index (χ4v) is 2.68. The van der Waals surface area contributed by atoms with Gasteiger partial charge in [-0.15, -0.1) is 0 Å². The third-order valence-corrected chi connectivity index (χ3v) is 4.12. The van der Waals surface area contributed by atoms with Crippen LogP contribution in [-0.2, 0) is 11.3 Å². The highest BCUT2D eigenvalue weighted by atomic mass is 79.9. The topological polar surface area (TPSA) is 35.2 Å². The van der Waals surface area contributed by atoms with E-state index in [0.29, 0.717) is 13.2 Å². The Hall–Kier alpha value is -0.380. The highest BCUT2D eigenvalue weighted by Gasteiger charge is 2.31. The molecule has 1 aliphatic rings. The summed E-state index contributed by atoms with van der Waals surface area (Å²) in [7, 11) is 0. The minimum atomic E-state index is -0.0642. The molecule has 1 aromatic carbocycles. The van der Waals surface area contributed by atoms with Gasteiger partial charge >= 0.3 is 0 Å². The van der Waals surface area contributed by atoms with Gasteiger partial charge in [0, 0.05) is 11.0 Å². The van der Waals surface area contributed by atoms with Gasteiger partial charge in [-0.1, -0.05) is 47.3 Å². The third-order valence-electron chi connectivity index (χ3n) is 3.60. The number of benzene rings is 1. The summed E-state index contributed by atoms with van der Waals surface area (Å²) < 4.78 is 7.21. The van der Waals surface area contributed by atoms with Crippen LogP contribution < -0.4 is 5.73 Å². The average Bonchev–Trinajstić information content (AvgIpc) is 2.39. The van der Waals surface area contributed by atoms with Crippen molar-refractivity contribution >= 4 is 15.9 Å². The van der Waals surface area contributed by atoms with Crippen LogP contribution in [0.3, 0.4) is 0 Å². The SMILES string of the molecule is NCC1(OCc2ccc(Br)cc2)CCCCC1. The Morgan fingerprint density at radius 1 is 1.12 bits per heavy atom. The maximum Gasteiger partial charge on any atom is 0.0808 e. The molecule has 0 aromatic heterocycles. The Kier molecular flexibility index (Phi) is 4.60. The third kappa shape index (κ3) is 3.54. The standard InChI is InChI=1S/C14H20BrNO/c15-13-6-4-12(5-7-13)10-17-14(11-16)8-2-1-3-9-14/h4-7H,1-3,8-11,16H2. The number of nitrogens with two attached hydrogens (primary N) is 1. The summed E-state index contributed by atoms with van der Waals surface area (Å²) >= 11 is 3.44. The molecule has 1 aromatic rings. The van der Waals surface area contributed by atoms with Gasteiger partial charge in [0.1, 0.15) is 0 Å². The van der Waals surface area contributed by atoms with Gasteiger partial charge in [-0.2, -0.15) is 0 Å². The van der Waals surface area contributed by atoms with Crippen molar-refractivity contribution in [3.8, 4) is 0 Å². The van der Waals surface area contributed by atoms with E-state index >= 15 is 0 Å². The highest BCUT2D eigenvalue weighted by Crippen LogP contribution is 2.31. The highest BCUT2D eigenvalue weighted by molar-refractivity contribution is 9.10. The fourth-order valence-electron chi connectivity index (χ4n) is 2.42. The molecule has 0 unspecified atom stereocenters. The van der Waals surface area contributed by atoms with Gasteiger partial charge in [0.2, 0.25) is 0 Å². The summed E-state index contributed by atoms with van der Waals surface area (Å²) in [6.07, 6.45) is 6.04. The van der Waals surface area contributed by atoms with Crippen LogP contribution in [0.1, 0.15) is 37.7 Å². The predicted molar refractivity (Wildman–Crippen MR) is 73.8 cm³/mol. The van der Waals surface area contributed by atoms with Crippen molar-refractivity contribution in [2.75, 3.05) is 6.54 Å². The largest absolute Gasteiger partial charge is 0.369 e. The summed E-state index contributed by atoms with van der Waals surface area (Å²) in [5, 5.41) is 0. The lowest BCUT2D eigenvalue weighted by Gasteiger charge is -2.36. The van der Waals surface area contributed by atoms with Gasteiger partial charge in [0.25, 0.3) is 0 Å². The molecule has 2 N–H and O–H groups in total. The van der Waals surface area contributed by atoms with Gasteiger partial charge in [0.15, 0.2) is 0 Å². The average molecular weight is 298 g/mol. The van der Waals surface area contributed by atoms with Crippen molar-refractivity contribution in [2.24, 2.45) is 5.73 Å². The molecule has 1 fully saturated rings. The number of rotatable bonds is 4. The Bertz CT molecular complexity index is 344. The van der Waals surface area contributed by atoms with E-state index < -0.39 is 0 Å². The van der Waals surface area contributed by atoms with E-state index in [9.17, 15) is 0 Å². The van der Waals surface area contributed by atoms with Crippen molar-refractivity contribution in [3.05, 3.63) is 34.3 Å². The van der Waals surface area contributed by atoms with E-state index in [1.165, 1.54) is 24.8 Å². The van der Waals surface area contributed by atoms with Crippen molar-refractivity contribution in [2.45, 2.75) is 44.3 Å². The van der Waals surface area contributed by atoms with Gasteiger partial charge in [0.05, 0.1) is 12.2 Å². The first kappa shape index (κ1) is 13.1. The van der Waals surface area contributed by atoms with Gasteiger partial charge in [-0.05, 0) is 30.5 Å². The first-order chi connectivity index (χ1) is 8.24. The molecule has 0 saturated heterocycles. The second-order valence-corrected chi connectivity index (χ2v) is 5.78. The number of hydrogen-bond acceptors (Lipinski definition) is 2. The van der Waals surface area contributed by atoms with E-state index in [4.69, 9.17) is 10.5 Å². The second kappa shape index (κ2) is 5.98. The molecule has 0 heterocycles. The maximum absolute atomic E-state index is 6.11. The molecule has 0 bridgehead atoms. The maximum atomic E-state index is 6.11. The van der Waals surface area contributed by atoms with Gasteiger partial charge in [-0.3, -0.25) is 0 Å². The summed E-state index contributed by atoms with van der Waals surface area (Å²) in [6.45, 7) is 1.31. The van der Waals surface area contributed by atoms with Crippen LogP contribution in [0.4, 0.5) is 0 Å². The Balaban J connectivity index is 1.93. The van der Waals surface area contributed by atoms with Gasteiger partial charge < -0.3 is 10.5 Å². The van der Waals surface area contributed by atoms with Crippen LogP contribution in [0.2, 0.25) is 0 Å². The zero-order chi connectivity index (χ0) is 12.1. The molecule has 1 aliphatic carbocycles. The zero-order valence-electron chi connectivity index (χ0n) is 10.1. The Morgan fingerprint density at radius 2 is 1.76 bits per heavy atom. The minimum absolute atomic E-state index is 0.0642. The van der Waals surface area contributed by atoms with E-state index in [0.717, 1.165) is 17.3 Å². The van der Waals surface area contributed by atoms with E-state index in [1.807, 2.05) is 0 Å². The summed E-state index contributed by atoms with van der Waals surface area (Å²) in [5.41, 5.74) is 7.04. The zero-order valence-corrected chi connectivity index (χ0v) is 11.7. The lowest BCUT2D eigenvalue weighted by atomic mass is 9.84. The van der Waals surface area contributed by atoms with Crippen LogP contribution in [0.25, 0.3) is 0 Å². The molecular weight excluding hydrogens is 278 g/mol. The van der Waals surface area contributed by atoms with Crippen molar-refractivity contribution < 1.29 is 4.74 Å². The fraction of sp³-hybridized carbons (Fsp3) is 0.571. The first-order valence-corrected chi connectivity index (χ1v) is 7.12.